The Balaban J connectivity index is 1.43. The predicted molar refractivity (Wildman–Crippen MR) is 114 cm³/mol. The second-order valence-electron chi connectivity index (χ2n) is 9.24. The number of nitrogens with one attached hydrogen (secondary N) is 1. The number of aryl methyl sites for hydroxylation is 1. The monoisotopic (exact) mass is 409 g/mol. The fourth-order valence-electron chi connectivity index (χ4n) is 5.29. The van der Waals surface area contributed by atoms with E-state index in [0.717, 1.165) is 74.0 Å². The highest BCUT2D eigenvalue weighted by molar-refractivity contribution is 6.06. The van der Waals surface area contributed by atoms with Crippen molar-refractivity contribution < 1.29 is 9.59 Å². The van der Waals surface area contributed by atoms with Crippen molar-refractivity contribution in [2.75, 3.05) is 20.1 Å². The molecule has 3 aliphatic rings. The minimum Gasteiger partial charge on any atom is -0.355 e. The van der Waals surface area contributed by atoms with Crippen LogP contribution in [0.4, 0.5) is 0 Å². The van der Waals surface area contributed by atoms with E-state index in [0.29, 0.717) is 17.4 Å². The lowest BCUT2D eigenvalue weighted by molar-refractivity contribution is -0.136. The van der Waals surface area contributed by atoms with Gasteiger partial charge in [0.1, 0.15) is 0 Å². The van der Waals surface area contributed by atoms with Gasteiger partial charge >= 0.3 is 0 Å². The van der Waals surface area contributed by atoms with E-state index in [1.807, 2.05) is 17.8 Å². The van der Waals surface area contributed by atoms with E-state index < -0.39 is 0 Å². The van der Waals surface area contributed by atoms with Crippen LogP contribution in [0.25, 0.3) is 11.0 Å². The molecule has 1 saturated heterocycles. The van der Waals surface area contributed by atoms with Crippen molar-refractivity contribution in [2.45, 2.75) is 63.2 Å². The van der Waals surface area contributed by atoms with Crippen LogP contribution in [0.5, 0.6) is 0 Å². The van der Waals surface area contributed by atoms with E-state index in [2.05, 4.69) is 10.2 Å². The maximum Gasteiger partial charge on any atom is 0.251 e. The van der Waals surface area contributed by atoms with Crippen LogP contribution < -0.4 is 5.32 Å². The van der Waals surface area contributed by atoms with Gasteiger partial charge in [-0.25, -0.2) is 4.98 Å². The lowest BCUT2D eigenvalue weighted by Gasteiger charge is -2.33. The van der Waals surface area contributed by atoms with Crippen LogP contribution >= 0.6 is 0 Å². The van der Waals surface area contributed by atoms with Crippen molar-refractivity contribution in [3.8, 4) is 0 Å². The molecule has 2 amide bonds. The number of piperidine rings is 1. The van der Waals surface area contributed by atoms with E-state index in [1.165, 1.54) is 12.8 Å². The van der Waals surface area contributed by atoms with Gasteiger partial charge in [-0.05, 0) is 44.6 Å². The minimum atomic E-state index is -0.0765. The zero-order valence-corrected chi connectivity index (χ0v) is 18.0. The molecule has 0 bridgehead atoms. The summed E-state index contributed by atoms with van der Waals surface area (Å²) in [6.07, 6.45) is 8.54. The fourth-order valence-corrected chi connectivity index (χ4v) is 5.29. The Hall–Kier alpha value is -2.44. The second-order valence-corrected chi connectivity index (χ2v) is 9.24. The van der Waals surface area contributed by atoms with Gasteiger partial charge in [0.05, 0.1) is 16.6 Å². The molecule has 3 fully saturated rings. The van der Waals surface area contributed by atoms with Gasteiger partial charge < -0.3 is 10.2 Å². The standard InChI is InChI=1S/C23H31N5O2/c1-24-22(29)17-13-18(14-7-8-14)25-21-19(17)20(26-27(21)2)15-9-11-28(12-10-15)23(30)16-5-3-4-6-16/h13-16H,3-12H2,1-2H3,(H,24,29). The quantitative estimate of drug-likeness (QED) is 0.841. The largest absolute Gasteiger partial charge is 0.355 e. The Morgan fingerprint density at radius 2 is 1.73 bits per heavy atom. The Morgan fingerprint density at radius 3 is 2.37 bits per heavy atom. The Bertz CT molecular complexity index is 979. The molecule has 3 heterocycles. The third-order valence-electron chi connectivity index (χ3n) is 7.21. The topological polar surface area (TPSA) is 80.1 Å². The molecule has 0 aromatic carbocycles. The molecule has 0 atom stereocenters. The molecule has 1 aliphatic heterocycles. The Labute approximate surface area is 177 Å². The average Bonchev–Trinajstić information content (AvgIpc) is 3.38. The predicted octanol–water partition coefficient (Wildman–Crippen LogP) is 3.10. The van der Waals surface area contributed by atoms with Crippen LogP contribution in [0.1, 0.15) is 84.9 Å². The summed E-state index contributed by atoms with van der Waals surface area (Å²) in [5, 5.41) is 8.52. The average molecular weight is 410 g/mol. The third-order valence-corrected chi connectivity index (χ3v) is 7.21. The van der Waals surface area contributed by atoms with E-state index in [4.69, 9.17) is 10.1 Å². The molecule has 2 saturated carbocycles. The summed E-state index contributed by atoms with van der Waals surface area (Å²) in [6.45, 7) is 1.56. The fraction of sp³-hybridized carbons (Fsp3) is 0.652. The molecule has 2 aromatic heterocycles. The van der Waals surface area contributed by atoms with E-state index >= 15 is 0 Å². The van der Waals surface area contributed by atoms with Crippen molar-refractivity contribution in [2.24, 2.45) is 13.0 Å². The van der Waals surface area contributed by atoms with Crippen LogP contribution in [0.2, 0.25) is 0 Å². The first-order chi connectivity index (χ1) is 14.6. The third kappa shape index (κ3) is 3.38. The van der Waals surface area contributed by atoms with Gasteiger partial charge in [0, 0.05) is 50.6 Å². The number of fused-ring (bicyclic) bond motifs is 1. The zero-order valence-electron chi connectivity index (χ0n) is 18.0. The molecule has 1 N–H and O–H groups in total. The van der Waals surface area contributed by atoms with E-state index in [1.54, 1.807) is 7.05 Å². The number of likely N-dealkylation sites (tertiary alicyclic amines) is 1. The van der Waals surface area contributed by atoms with E-state index in [9.17, 15) is 9.59 Å². The number of pyridine rings is 1. The molecule has 0 radical (unpaired) electrons. The van der Waals surface area contributed by atoms with Gasteiger partial charge in [0.15, 0.2) is 5.65 Å². The summed E-state index contributed by atoms with van der Waals surface area (Å²) in [7, 11) is 3.59. The second kappa shape index (κ2) is 7.67. The summed E-state index contributed by atoms with van der Waals surface area (Å²) >= 11 is 0. The molecule has 5 rings (SSSR count). The summed E-state index contributed by atoms with van der Waals surface area (Å²) < 4.78 is 1.83. The Morgan fingerprint density at radius 1 is 1.03 bits per heavy atom. The van der Waals surface area contributed by atoms with Crippen LogP contribution in [-0.4, -0.2) is 51.6 Å². The van der Waals surface area contributed by atoms with Crippen LogP contribution in [0.3, 0.4) is 0 Å². The molecule has 2 aliphatic carbocycles. The molecule has 2 aromatic rings. The SMILES string of the molecule is CNC(=O)c1cc(C2CC2)nc2c1c(C1CCN(C(=O)C3CCCC3)CC1)nn2C. The van der Waals surface area contributed by atoms with Gasteiger partial charge in [-0.3, -0.25) is 14.3 Å². The first-order valence-electron chi connectivity index (χ1n) is 11.4. The summed E-state index contributed by atoms with van der Waals surface area (Å²) in [5.74, 6) is 1.23. The van der Waals surface area contributed by atoms with E-state index in [-0.39, 0.29) is 17.7 Å². The first-order valence-corrected chi connectivity index (χ1v) is 11.4. The smallest absolute Gasteiger partial charge is 0.251 e. The molecular formula is C23H31N5O2. The summed E-state index contributed by atoms with van der Waals surface area (Å²) in [6, 6.07) is 1.97. The lowest BCUT2D eigenvalue weighted by atomic mass is 9.90. The maximum atomic E-state index is 12.8. The van der Waals surface area contributed by atoms with Gasteiger partial charge in [-0.15, -0.1) is 0 Å². The highest BCUT2D eigenvalue weighted by Crippen LogP contribution is 2.41. The van der Waals surface area contributed by atoms with Crippen LogP contribution in [-0.2, 0) is 11.8 Å². The number of hydrogen-bond donors (Lipinski definition) is 1. The van der Waals surface area contributed by atoms with Gasteiger partial charge in [0.2, 0.25) is 5.91 Å². The van der Waals surface area contributed by atoms with Crippen molar-refractivity contribution >= 4 is 22.8 Å². The molecule has 30 heavy (non-hydrogen) atoms. The molecule has 7 heteroatoms. The molecule has 0 spiro atoms. The minimum absolute atomic E-state index is 0.0765. The highest BCUT2D eigenvalue weighted by atomic mass is 16.2. The number of aromatic nitrogens is 3. The van der Waals surface area contributed by atoms with Crippen molar-refractivity contribution in [1.29, 1.82) is 0 Å². The van der Waals surface area contributed by atoms with Crippen molar-refractivity contribution in [3.05, 3.63) is 23.0 Å². The number of rotatable bonds is 4. The molecule has 7 nitrogen and oxygen atoms in total. The molecule has 160 valence electrons. The highest BCUT2D eigenvalue weighted by Gasteiger charge is 2.34. The maximum absolute atomic E-state index is 12.8. The number of carbonyl (C=O) groups is 2. The number of hydrogen-bond acceptors (Lipinski definition) is 4. The summed E-state index contributed by atoms with van der Waals surface area (Å²) in [4.78, 5) is 32.5. The zero-order chi connectivity index (χ0) is 20.8. The van der Waals surface area contributed by atoms with Gasteiger partial charge in [-0.2, -0.15) is 5.10 Å². The van der Waals surface area contributed by atoms with Crippen LogP contribution in [0, 0.1) is 5.92 Å². The van der Waals surface area contributed by atoms with Crippen molar-refractivity contribution in [3.63, 3.8) is 0 Å². The number of amides is 2. The normalized spacial score (nSPS) is 20.8. The number of nitrogens with zero attached hydrogens (tertiary/aromatic N) is 4. The molecule has 0 unspecified atom stereocenters. The van der Waals surface area contributed by atoms with Gasteiger partial charge in [-0.1, -0.05) is 12.8 Å². The van der Waals surface area contributed by atoms with Crippen LogP contribution in [0.15, 0.2) is 6.07 Å². The first kappa shape index (κ1) is 19.5. The number of carbonyl (C=O) groups excluding carboxylic acids is 2. The molecular weight excluding hydrogens is 378 g/mol. The van der Waals surface area contributed by atoms with Crippen molar-refractivity contribution in [1.82, 2.24) is 25.0 Å². The van der Waals surface area contributed by atoms with Gasteiger partial charge in [0.25, 0.3) is 5.91 Å². The lowest BCUT2D eigenvalue weighted by Crippen LogP contribution is -2.40. The Kier molecular flexibility index (Phi) is 4.99. The summed E-state index contributed by atoms with van der Waals surface area (Å²) in [5.41, 5.74) is 3.47.